The molecular formula is C22H32N2O5. The lowest BCUT2D eigenvalue weighted by Crippen LogP contribution is -2.53. The highest BCUT2D eigenvalue weighted by atomic mass is 16.6. The molecule has 0 aliphatic carbocycles. The Balaban J connectivity index is 2.15. The maximum absolute atomic E-state index is 12.8. The molecule has 0 spiro atoms. The molecular weight excluding hydrogens is 372 g/mol. The van der Waals surface area contributed by atoms with Crippen LogP contribution in [0.1, 0.15) is 57.5 Å². The Morgan fingerprint density at radius 3 is 2.41 bits per heavy atom. The molecule has 1 amide bonds. The highest BCUT2D eigenvalue weighted by Gasteiger charge is 2.41. The van der Waals surface area contributed by atoms with E-state index in [1.807, 2.05) is 27.7 Å². The van der Waals surface area contributed by atoms with Gasteiger partial charge >= 0.3 is 5.97 Å². The number of nitrogens with two attached hydrogens (primary N) is 1. The van der Waals surface area contributed by atoms with Crippen LogP contribution < -0.4 is 10.5 Å². The van der Waals surface area contributed by atoms with Gasteiger partial charge in [0.25, 0.3) is 0 Å². The van der Waals surface area contributed by atoms with Crippen LogP contribution in [0, 0.1) is 5.92 Å². The monoisotopic (exact) mass is 404 g/mol. The summed E-state index contributed by atoms with van der Waals surface area (Å²) in [6.07, 6.45) is -0.139. The fourth-order valence-corrected chi connectivity index (χ4v) is 3.14. The summed E-state index contributed by atoms with van der Waals surface area (Å²) < 4.78 is 11.8. The van der Waals surface area contributed by atoms with Crippen molar-refractivity contribution in [1.82, 2.24) is 4.90 Å². The minimum absolute atomic E-state index is 0.0363. The van der Waals surface area contributed by atoms with Crippen LogP contribution in [0.2, 0.25) is 0 Å². The normalized spacial score (nSPS) is 19.6. The minimum Gasteiger partial charge on any atom is -0.484 e. The predicted molar refractivity (Wildman–Crippen MR) is 110 cm³/mol. The number of carbonyl (C=O) groups excluding carboxylic acids is 3. The predicted octanol–water partition coefficient (Wildman–Crippen LogP) is 2.34. The van der Waals surface area contributed by atoms with Crippen LogP contribution in [0.5, 0.6) is 5.75 Å². The standard InChI is InChI=1S/C22H32N2O5/c1-12(2)19(23)20(26)24(7)13(3)21(27)28-18-11-16-10-15(14(4)25)8-9-17(16)29-22(18,5)6/h8-10,12-13,18-19H,11,23H2,1-7H3/t13-,18+,19?/m0/s1. The second-order valence-corrected chi connectivity index (χ2v) is 8.61. The molecule has 0 fully saturated rings. The number of ether oxygens (including phenoxy) is 2. The summed E-state index contributed by atoms with van der Waals surface area (Å²) in [6.45, 7) is 10.5. The van der Waals surface area contributed by atoms with Gasteiger partial charge in [-0.1, -0.05) is 13.8 Å². The summed E-state index contributed by atoms with van der Waals surface area (Å²) >= 11 is 0. The Hall–Kier alpha value is -2.41. The number of carbonyl (C=O) groups is 3. The number of esters is 1. The van der Waals surface area contributed by atoms with Gasteiger partial charge in [0.2, 0.25) is 5.91 Å². The van der Waals surface area contributed by atoms with E-state index in [0.29, 0.717) is 17.7 Å². The Morgan fingerprint density at radius 1 is 1.24 bits per heavy atom. The number of likely N-dealkylation sites (N-methyl/N-ethyl adjacent to an activating group) is 1. The zero-order valence-electron chi connectivity index (χ0n) is 18.3. The van der Waals surface area contributed by atoms with E-state index in [9.17, 15) is 14.4 Å². The topological polar surface area (TPSA) is 98.9 Å². The molecule has 2 N–H and O–H groups in total. The van der Waals surface area contributed by atoms with Crippen molar-refractivity contribution in [2.75, 3.05) is 7.05 Å². The van der Waals surface area contributed by atoms with Crippen molar-refractivity contribution >= 4 is 17.7 Å². The minimum atomic E-state index is -0.784. The molecule has 0 bridgehead atoms. The Labute approximate surface area is 172 Å². The van der Waals surface area contributed by atoms with E-state index >= 15 is 0 Å². The van der Waals surface area contributed by atoms with Gasteiger partial charge in [-0.05, 0) is 57.4 Å². The molecule has 1 aromatic carbocycles. The van der Waals surface area contributed by atoms with Crippen molar-refractivity contribution in [2.45, 2.75) is 71.8 Å². The Morgan fingerprint density at radius 2 is 1.86 bits per heavy atom. The van der Waals surface area contributed by atoms with Crippen LogP contribution in [-0.2, 0) is 20.7 Å². The Bertz CT molecular complexity index is 802. The van der Waals surface area contributed by atoms with E-state index in [-0.39, 0.29) is 17.6 Å². The average Bonchev–Trinajstić information content (AvgIpc) is 2.65. The Kier molecular flexibility index (Phi) is 6.73. The molecule has 1 aromatic rings. The second-order valence-electron chi connectivity index (χ2n) is 8.61. The molecule has 29 heavy (non-hydrogen) atoms. The van der Waals surface area contributed by atoms with Crippen LogP contribution in [0.25, 0.3) is 0 Å². The molecule has 160 valence electrons. The van der Waals surface area contributed by atoms with Gasteiger partial charge in [-0.3, -0.25) is 9.59 Å². The second kappa shape index (κ2) is 8.53. The van der Waals surface area contributed by atoms with Gasteiger partial charge in [0.15, 0.2) is 5.78 Å². The molecule has 3 atom stereocenters. The molecule has 0 radical (unpaired) electrons. The zero-order chi connectivity index (χ0) is 22.1. The van der Waals surface area contributed by atoms with E-state index in [2.05, 4.69) is 0 Å². The fraction of sp³-hybridized carbons (Fsp3) is 0.591. The van der Waals surface area contributed by atoms with Crippen LogP contribution in [0.15, 0.2) is 18.2 Å². The first-order chi connectivity index (χ1) is 13.3. The van der Waals surface area contributed by atoms with E-state index in [1.54, 1.807) is 32.2 Å². The molecule has 1 aliphatic heterocycles. The lowest BCUT2D eigenvalue weighted by molar-refractivity contribution is -0.168. The summed E-state index contributed by atoms with van der Waals surface area (Å²) in [5, 5.41) is 0. The summed E-state index contributed by atoms with van der Waals surface area (Å²) in [4.78, 5) is 38.2. The third kappa shape index (κ3) is 4.96. The van der Waals surface area contributed by atoms with Crippen molar-refractivity contribution in [3.05, 3.63) is 29.3 Å². The lowest BCUT2D eigenvalue weighted by Gasteiger charge is -2.40. The fourth-order valence-electron chi connectivity index (χ4n) is 3.14. The number of ketones is 1. The van der Waals surface area contributed by atoms with Gasteiger partial charge in [-0.15, -0.1) is 0 Å². The number of hydrogen-bond donors (Lipinski definition) is 1. The van der Waals surface area contributed by atoms with Gasteiger partial charge in [-0.2, -0.15) is 0 Å². The summed E-state index contributed by atoms with van der Waals surface area (Å²) in [5.74, 6) is -0.229. The maximum Gasteiger partial charge on any atom is 0.328 e. The number of Topliss-reactive ketones (excluding diaryl/α,β-unsaturated/α-hetero) is 1. The zero-order valence-corrected chi connectivity index (χ0v) is 18.3. The first kappa shape index (κ1) is 22.9. The summed E-state index contributed by atoms with van der Waals surface area (Å²) in [7, 11) is 1.55. The van der Waals surface area contributed by atoms with Gasteiger partial charge in [-0.25, -0.2) is 4.79 Å². The van der Waals surface area contributed by atoms with Gasteiger partial charge in [0.1, 0.15) is 23.5 Å². The number of amides is 1. The molecule has 0 aromatic heterocycles. The van der Waals surface area contributed by atoms with Crippen molar-refractivity contribution < 1.29 is 23.9 Å². The summed E-state index contributed by atoms with van der Waals surface area (Å²) in [6, 6.07) is 3.81. The van der Waals surface area contributed by atoms with Gasteiger partial charge < -0.3 is 20.1 Å². The number of benzene rings is 1. The molecule has 7 heteroatoms. The van der Waals surface area contributed by atoms with Crippen LogP contribution >= 0.6 is 0 Å². The molecule has 1 aliphatic rings. The smallest absolute Gasteiger partial charge is 0.328 e. The summed E-state index contributed by atoms with van der Waals surface area (Å²) in [5.41, 5.74) is 6.57. The lowest BCUT2D eigenvalue weighted by atomic mass is 9.89. The van der Waals surface area contributed by atoms with E-state index in [0.717, 1.165) is 5.56 Å². The number of rotatable bonds is 6. The molecule has 1 heterocycles. The number of hydrogen-bond acceptors (Lipinski definition) is 6. The molecule has 2 rings (SSSR count). The average molecular weight is 405 g/mol. The highest BCUT2D eigenvalue weighted by molar-refractivity contribution is 5.94. The van der Waals surface area contributed by atoms with Gasteiger partial charge in [0, 0.05) is 19.0 Å². The third-order valence-electron chi connectivity index (χ3n) is 5.55. The number of nitrogens with zero attached hydrogens (tertiary/aromatic N) is 1. The molecule has 7 nitrogen and oxygen atoms in total. The van der Waals surface area contributed by atoms with Crippen molar-refractivity contribution in [1.29, 1.82) is 0 Å². The molecule has 0 saturated heterocycles. The SMILES string of the molecule is CC(=O)c1ccc2c(c1)C[C@@H](OC(=O)[C@H](C)N(C)C(=O)C(N)C(C)C)C(C)(C)O2. The molecule has 1 unspecified atom stereocenters. The highest BCUT2D eigenvalue weighted by Crippen LogP contribution is 2.35. The largest absolute Gasteiger partial charge is 0.484 e. The van der Waals surface area contributed by atoms with Crippen LogP contribution in [0.3, 0.4) is 0 Å². The van der Waals surface area contributed by atoms with Crippen molar-refractivity contribution in [3.8, 4) is 5.75 Å². The van der Waals surface area contributed by atoms with E-state index in [4.69, 9.17) is 15.2 Å². The van der Waals surface area contributed by atoms with E-state index in [1.165, 1.54) is 11.8 Å². The van der Waals surface area contributed by atoms with Crippen molar-refractivity contribution in [3.63, 3.8) is 0 Å². The third-order valence-corrected chi connectivity index (χ3v) is 5.55. The van der Waals surface area contributed by atoms with Crippen LogP contribution in [0.4, 0.5) is 0 Å². The van der Waals surface area contributed by atoms with Crippen LogP contribution in [-0.4, -0.2) is 53.4 Å². The van der Waals surface area contributed by atoms with Crippen molar-refractivity contribution in [2.24, 2.45) is 11.7 Å². The quantitative estimate of drug-likeness (QED) is 0.577. The van der Waals surface area contributed by atoms with E-state index < -0.39 is 29.8 Å². The van der Waals surface area contributed by atoms with Gasteiger partial charge in [0.05, 0.1) is 6.04 Å². The molecule has 0 saturated carbocycles. The maximum atomic E-state index is 12.8. The first-order valence-corrected chi connectivity index (χ1v) is 9.90. The first-order valence-electron chi connectivity index (χ1n) is 9.90. The number of fused-ring (bicyclic) bond motifs is 1.